The third-order valence-corrected chi connectivity index (χ3v) is 3.42. The van der Waals surface area contributed by atoms with Crippen LogP contribution in [0.2, 0.25) is 0 Å². The van der Waals surface area contributed by atoms with E-state index in [0.29, 0.717) is 0 Å². The third kappa shape index (κ3) is 2.08. The number of rotatable bonds is 2. The average Bonchev–Trinajstić information content (AvgIpc) is 3.16. The van der Waals surface area contributed by atoms with E-state index >= 15 is 0 Å². The first-order chi connectivity index (χ1) is 10.3. The number of hydrogen-bond donors (Lipinski definition) is 0. The summed E-state index contributed by atoms with van der Waals surface area (Å²) in [5, 5.41) is 4.50. The van der Waals surface area contributed by atoms with Crippen LogP contribution in [0.4, 0.5) is 0 Å². The molecule has 0 N–H and O–H groups in total. The van der Waals surface area contributed by atoms with E-state index < -0.39 is 0 Å². The van der Waals surface area contributed by atoms with E-state index in [0.717, 1.165) is 22.7 Å². The van der Waals surface area contributed by atoms with Gasteiger partial charge < -0.3 is 4.57 Å². The second-order valence-corrected chi connectivity index (χ2v) is 4.96. The van der Waals surface area contributed by atoms with Gasteiger partial charge in [0.2, 0.25) is 0 Å². The molecule has 4 rings (SSSR count). The maximum atomic E-state index is 4.57. The molecular formula is C16H13N5. The first-order valence-electron chi connectivity index (χ1n) is 6.71. The standard InChI is InChI=1S/C16H13N5/c1-12-6-8-21-15(10-12)18-16(19-21)13-2-4-14(5-3-13)20-9-7-17-11-20/h2-11H,1H3. The van der Waals surface area contributed by atoms with Crippen LogP contribution in [0.5, 0.6) is 0 Å². The zero-order valence-electron chi connectivity index (χ0n) is 11.5. The lowest BCUT2D eigenvalue weighted by Crippen LogP contribution is -1.90. The van der Waals surface area contributed by atoms with Crippen LogP contribution in [0, 0.1) is 6.92 Å². The van der Waals surface area contributed by atoms with Gasteiger partial charge in [0.1, 0.15) is 0 Å². The van der Waals surface area contributed by atoms with Crippen molar-refractivity contribution in [2.45, 2.75) is 6.92 Å². The number of fused-ring (bicyclic) bond motifs is 1. The summed E-state index contributed by atoms with van der Waals surface area (Å²) in [4.78, 5) is 8.62. The minimum atomic E-state index is 0.734. The van der Waals surface area contributed by atoms with Crippen molar-refractivity contribution >= 4 is 5.65 Å². The molecule has 0 aliphatic heterocycles. The van der Waals surface area contributed by atoms with Crippen molar-refractivity contribution in [1.82, 2.24) is 24.1 Å². The van der Waals surface area contributed by atoms with Gasteiger partial charge in [-0.3, -0.25) is 0 Å². The van der Waals surface area contributed by atoms with Crippen molar-refractivity contribution in [1.29, 1.82) is 0 Å². The Bertz CT molecular complexity index is 888. The fraction of sp³-hybridized carbons (Fsp3) is 0.0625. The summed E-state index contributed by atoms with van der Waals surface area (Å²) in [5.74, 6) is 0.734. The molecule has 5 nitrogen and oxygen atoms in total. The van der Waals surface area contributed by atoms with Crippen molar-refractivity contribution in [2.24, 2.45) is 0 Å². The molecule has 0 aliphatic rings. The van der Waals surface area contributed by atoms with E-state index in [1.54, 1.807) is 17.0 Å². The second-order valence-electron chi connectivity index (χ2n) is 4.96. The normalized spacial score (nSPS) is 11.1. The summed E-state index contributed by atoms with van der Waals surface area (Å²) < 4.78 is 3.76. The molecule has 0 fully saturated rings. The fourth-order valence-corrected chi connectivity index (χ4v) is 2.30. The lowest BCUT2D eigenvalue weighted by atomic mass is 10.2. The minimum absolute atomic E-state index is 0.734. The van der Waals surface area contributed by atoms with Gasteiger partial charge >= 0.3 is 0 Å². The topological polar surface area (TPSA) is 48.0 Å². The Balaban J connectivity index is 1.74. The van der Waals surface area contributed by atoms with Crippen LogP contribution in [0.15, 0.2) is 61.3 Å². The Morgan fingerprint density at radius 3 is 2.62 bits per heavy atom. The maximum absolute atomic E-state index is 4.57. The molecule has 0 unspecified atom stereocenters. The van der Waals surface area contributed by atoms with Gasteiger partial charge in [-0.1, -0.05) is 0 Å². The molecular weight excluding hydrogens is 262 g/mol. The summed E-state index contributed by atoms with van der Waals surface area (Å²) in [6.07, 6.45) is 7.39. The zero-order valence-corrected chi connectivity index (χ0v) is 11.5. The van der Waals surface area contributed by atoms with Gasteiger partial charge in [-0.05, 0) is 48.9 Å². The first-order valence-corrected chi connectivity index (χ1v) is 6.71. The van der Waals surface area contributed by atoms with Crippen LogP contribution in [0.25, 0.3) is 22.7 Å². The number of aryl methyl sites for hydroxylation is 1. The predicted molar refractivity (Wildman–Crippen MR) is 80.3 cm³/mol. The molecule has 0 amide bonds. The highest BCUT2D eigenvalue weighted by Crippen LogP contribution is 2.19. The van der Waals surface area contributed by atoms with E-state index in [1.807, 2.05) is 60.3 Å². The molecule has 3 aromatic heterocycles. The molecule has 3 heterocycles. The molecule has 0 bridgehead atoms. The van der Waals surface area contributed by atoms with E-state index in [9.17, 15) is 0 Å². The van der Waals surface area contributed by atoms with Crippen molar-refractivity contribution in [3.63, 3.8) is 0 Å². The van der Waals surface area contributed by atoms with Crippen LogP contribution in [-0.2, 0) is 0 Å². The molecule has 21 heavy (non-hydrogen) atoms. The number of aromatic nitrogens is 5. The Labute approximate surface area is 121 Å². The lowest BCUT2D eigenvalue weighted by molar-refractivity contribution is 0.962. The number of nitrogens with zero attached hydrogens (tertiary/aromatic N) is 5. The zero-order chi connectivity index (χ0) is 14.2. The SMILES string of the molecule is Cc1ccn2nc(-c3ccc(-n4ccnc4)cc3)nc2c1. The Morgan fingerprint density at radius 1 is 1.00 bits per heavy atom. The molecule has 1 aromatic carbocycles. The number of imidazole rings is 1. The van der Waals surface area contributed by atoms with Gasteiger partial charge in [0, 0.05) is 29.8 Å². The molecule has 102 valence electrons. The minimum Gasteiger partial charge on any atom is -0.306 e. The Kier molecular flexibility index (Phi) is 2.57. The highest BCUT2D eigenvalue weighted by molar-refractivity contribution is 5.60. The first kappa shape index (κ1) is 11.8. The van der Waals surface area contributed by atoms with Gasteiger partial charge in [0.15, 0.2) is 11.5 Å². The molecule has 0 saturated carbocycles. The van der Waals surface area contributed by atoms with Crippen molar-refractivity contribution in [3.8, 4) is 17.1 Å². The Morgan fingerprint density at radius 2 is 1.86 bits per heavy atom. The monoisotopic (exact) mass is 275 g/mol. The van der Waals surface area contributed by atoms with Crippen LogP contribution >= 0.6 is 0 Å². The smallest absolute Gasteiger partial charge is 0.182 e. The second kappa shape index (κ2) is 4.56. The number of pyridine rings is 1. The quantitative estimate of drug-likeness (QED) is 0.565. The summed E-state index contributed by atoms with van der Waals surface area (Å²) in [6, 6.07) is 12.2. The van der Waals surface area contributed by atoms with Gasteiger partial charge in [-0.2, -0.15) is 0 Å². The van der Waals surface area contributed by atoms with Crippen molar-refractivity contribution in [2.75, 3.05) is 0 Å². The third-order valence-electron chi connectivity index (χ3n) is 3.42. The van der Waals surface area contributed by atoms with Crippen molar-refractivity contribution in [3.05, 3.63) is 66.9 Å². The Hall–Kier alpha value is -2.95. The molecule has 0 aliphatic carbocycles. The maximum Gasteiger partial charge on any atom is 0.182 e. The molecule has 4 aromatic rings. The number of hydrogen-bond acceptors (Lipinski definition) is 3. The largest absolute Gasteiger partial charge is 0.306 e. The fourth-order valence-electron chi connectivity index (χ4n) is 2.30. The molecule has 0 spiro atoms. The van der Waals surface area contributed by atoms with E-state index in [-0.39, 0.29) is 0 Å². The van der Waals surface area contributed by atoms with Crippen molar-refractivity contribution < 1.29 is 0 Å². The van der Waals surface area contributed by atoms with E-state index in [1.165, 1.54) is 5.56 Å². The van der Waals surface area contributed by atoms with Gasteiger partial charge in [0.25, 0.3) is 0 Å². The summed E-state index contributed by atoms with van der Waals surface area (Å²) in [5.41, 5.74) is 4.11. The van der Waals surface area contributed by atoms with Crippen LogP contribution in [-0.4, -0.2) is 24.1 Å². The summed E-state index contributed by atoms with van der Waals surface area (Å²) in [6.45, 7) is 2.05. The molecule has 0 saturated heterocycles. The van der Waals surface area contributed by atoms with E-state index in [2.05, 4.69) is 15.1 Å². The van der Waals surface area contributed by atoms with Gasteiger partial charge in [0.05, 0.1) is 6.33 Å². The highest BCUT2D eigenvalue weighted by atomic mass is 15.3. The summed E-state index contributed by atoms with van der Waals surface area (Å²) >= 11 is 0. The highest BCUT2D eigenvalue weighted by Gasteiger charge is 2.06. The lowest BCUT2D eigenvalue weighted by Gasteiger charge is -2.02. The van der Waals surface area contributed by atoms with E-state index in [4.69, 9.17) is 0 Å². The average molecular weight is 275 g/mol. The van der Waals surface area contributed by atoms with Crippen LogP contribution in [0.1, 0.15) is 5.56 Å². The van der Waals surface area contributed by atoms with Gasteiger partial charge in [-0.15, -0.1) is 5.10 Å². The predicted octanol–water partition coefficient (Wildman–Crippen LogP) is 2.89. The molecule has 5 heteroatoms. The van der Waals surface area contributed by atoms with Crippen LogP contribution < -0.4 is 0 Å². The van der Waals surface area contributed by atoms with Gasteiger partial charge in [-0.25, -0.2) is 14.5 Å². The number of benzene rings is 1. The van der Waals surface area contributed by atoms with Crippen LogP contribution in [0.3, 0.4) is 0 Å². The summed E-state index contributed by atoms with van der Waals surface area (Å²) in [7, 11) is 0. The molecule has 0 atom stereocenters. The molecule has 0 radical (unpaired) electrons.